The fourth-order valence-electron chi connectivity index (χ4n) is 4.75. The highest BCUT2D eigenvalue weighted by molar-refractivity contribution is 6.23. The highest BCUT2D eigenvalue weighted by Crippen LogP contribution is 2.48. The lowest BCUT2D eigenvalue weighted by atomic mass is 9.80. The zero-order chi connectivity index (χ0) is 22.2. The number of Topliss-reactive ketones (excluding diaryl/α,β-unsaturated/α-hetero) is 1. The van der Waals surface area contributed by atoms with E-state index >= 15 is 0 Å². The smallest absolute Gasteiger partial charge is 0.332 e. The van der Waals surface area contributed by atoms with Gasteiger partial charge >= 0.3 is 5.69 Å². The number of aromatic nitrogens is 2. The van der Waals surface area contributed by atoms with E-state index in [2.05, 4.69) is 5.32 Å². The molecule has 1 aliphatic carbocycles. The van der Waals surface area contributed by atoms with Crippen LogP contribution in [0.2, 0.25) is 0 Å². The Bertz CT molecular complexity index is 1450. The van der Waals surface area contributed by atoms with Gasteiger partial charge in [-0.3, -0.25) is 18.7 Å². The lowest BCUT2D eigenvalue weighted by Gasteiger charge is -2.30. The second kappa shape index (κ2) is 6.31. The first-order valence-corrected chi connectivity index (χ1v) is 9.97. The van der Waals surface area contributed by atoms with E-state index in [0.717, 1.165) is 15.7 Å². The zero-order valence-electron chi connectivity index (χ0n) is 17.6. The number of rotatable bonds is 1. The third-order valence-electron chi connectivity index (χ3n) is 6.32. The molecule has 0 fully saturated rings. The average Bonchev–Trinajstić information content (AvgIpc) is 3.05. The summed E-state index contributed by atoms with van der Waals surface area (Å²) in [4.78, 5) is 39.4. The number of fused-ring (bicyclic) bond motifs is 3. The average molecular weight is 415 g/mol. The molecule has 0 radical (unpaired) electrons. The Hall–Kier alpha value is -3.87. The number of carbonyl (C=O) groups is 1. The van der Waals surface area contributed by atoms with Crippen LogP contribution in [0.5, 0.6) is 5.75 Å². The molecule has 7 nitrogen and oxygen atoms in total. The lowest BCUT2D eigenvalue weighted by molar-refractivity contribution is 0.103. The number of hydrogen-bond acceptors (Lipinski definition) is 5. The van der Waals surface area contributed by atoms with Gasteiger partial charge in [0.15, 0.2) is 5.78 Å². The Balaban J connectivity index is 1.91. The normalized spacial score (nSPS) is 16.6. The van der Waals surface area contributed by atoms with Crippen molar-refractivity contribution in [3.05, 3.63) is 96.2 Å². The van der Waals surface area contributed by atoms with Crippen molar-refractivity contribution in [2.45, 2.75) is 19.8 Å². The van der Waals surface area contributed by atoms with Gasteiger partial charge in [-0.25, -0.2) is 4.79 Å². The molecule has 2 N–H and O–H groups in total. The summed E-state index contributed by atoms with van der Waals surface area (Å²) in [5.74, 6) is -0.256. The summed E-state index contributed by atoms with van der Waals surface area (Å²) < 4.78 is 2.46. The fourth-order valence-corrected chi connectivity index (χ4v) is 4.75. The summed E-state index contributed by atoms with van der Waals surface area (Å²) >= 11 is 0. The molecule has 5 rings (SSSR count). The van der Waals surface area contributed by atoms with Crippen molar-refractivity contribution in [1.82, 2.24) is 9.13 Å². The number of ketones is 1. The molecule has 0 amide bonds. The minimum absolute atomic E-state index is 0.145. The van der Waals surface area contributed by atoms with Gasteiger partial charge in [-0.2, -0.15) is 0 Å². The van der Waals surface area contributed by atoms with E-state index in [4.69, 9.17) is 0 Å². The van der Waals surface area contributed by atoms with E-state index < -0.39 is 17.2 Å². The first-order chi connectivity index (χ1) is 14.7. The molecule has 2 aliphatic rings. The highest BCUT2D eigenvalue weighted by Gasteiger charge is 2.42. The Morgan fingerprint density at radius 3 is 2.19 bits per heavy atom. The second-order valence-corrected chi connectivity index (χ2v) is 8.19. The van der Waals surface area contributed by atoms with Crippen molar-refractivity contribution in [3.8, 4) is 5.75 Å². The first kappa shape index (κ1) is 19.1. The van der Waals surface area contributed by atoms with Crippen LogP contribution in [-0.4, -0.2) is 20.0 Å². The van der Waals surface area contributed by atoms with Gasteiger partial charge in [-0.15, -0.1) is 0 Å². The molecule has 2 aromatic carbocycles. The van der Waals surface area contributed by atoms with E-state index in [-0.39, 0.29) is 11.5 Å². The number of hydrogen-bond donors (Lipinski definition) is 2. The van der Waals surface area contributed by atoms with Crippen LogP contribution in [0.1, 0.15) is 44.1 Å². The summed E-state index contributed by atoms with van der Waals surface area (Å²) in [5.41, 5.74) is 3.88. The van der Waals surface area contributed by atoms with Gasteiger partial charge in [0.1, 0.15) is 11.6 Å². The Morgan fingerprint density at radius 2 is 1.55 bits per heavy atom. The van der Waals surface area contributed by atoms with Gasteiger partial charge < -0.3 is 10.4 Å². The predicted octanol–water partition coefficient (Wildman–Crippen LogP) is 2.57. The largest absolute Gasteiger partial charge is 0.507 e. The number of aryl methyl sites for hydroxylation is 2. The van der Waals surface area contributed by atoms with Crippen molar-refractivity contribution in [2.75, 3.05) is 5.32 Å². The summed E-state index contributed by atoms with van der Waals surface area (Å²) in [6, 6.07) is 10.9. The molecule has 0 spiro atoms. The maximum absolute atomic E-state index is 13.5. The predicted molar refractivity (Wildman–Crippen MR) is 118 cm³/mol. The molecule has 0 bridgehead atoms. The molecule has 1 atom stereocenters. The third-order valence-corrected chi connectivity index (χ3v) is 6.32. The van der Waals surface area contributed by atoms with Crippen molar-refractivity contribution in [1.29, 1.82) is 0 Å². The molecule has 1 aliphatic heterocycles. The summed E-state index contributed by atoms with van der Waals surface area (Å²) in [5, 5.41) is 13.5. The number of phenols is 1. The molecule has 156 valence electrons. The Morgan fingerprint density at radius 1 is 0.935 bits per heavy atom. The Kier molecular flexibility index (Phi) is 3.89. The van der Waals surface area contributed by atoms with Crippen LogP contribution in [0.3, 0.4) is 0 Å². The molecule has 31 heavy (non-hydrogen) atoms. The number of nitrogens with zero attached hydrogens (tertiary/aromatic N) is 2. The van der Waals surface area contributed by atoms with E-state index in [9.17, 15) is 19.5 Å². The molecule has 7 heteroatoms. The summed E-state index contributed by atoms with van der Waals surface area (Å²) in [7, 11) is 3.04. The number of carbonyl (C=O) groups excluding carboxylic acids is 1. The molecule has 1 unspecified atom stereocenters. The maximum atomic E-state index is 13.5. The number of allylic oxidation sites excluding steroid dienone is 1. The van der Waals surface area contributed by atoms with Gasteiger partial charge in [-0.05, 0) is 30.5 Å². The monoisotopic (exact) mass is 415 g/mol. The molecular weight excluding hydrogens is 394 g/mol. The molecule has 1 aromatic heterocycles. The maximum Gasteiger partial charge on any atom is 0.332 e. The molecule has 0 saturated carbocycles. The molecule has 2 heterocycles. The van der Waals surface area contributed by atoms with Crippen molar-refractivity contribution in [2.24, 2.45) is 14.1 Å². The van der Waals surface area contributed by atoms with Crippen molar-refractivity contribution < 1.29 is 9.90 Å². The second-order valence-electron chi connectivity index (χ2n) is 8.19. The van der Waals surface area contributed by atoms with Gasteiger partial charge in [0.25, 0.3) is 5.56 Å². The molecule has 0 saturated heterocycles. The van der Waals surface area contributed by atoms with E-state index in [0.29, 0.717) is 39.3 Å². The van der Waals surface area contributed by atoms with Gasteiger partial charge in [-0.1, -0.05) is 36.4 Å². The zero-order valence-corrected chi connectivity index (χ0v) is 17.6. The van der Waals surface area contributed by atoms with Crippen molar-refractivity contribution in [3.63, 3.8) is 0 Å². The number of anilines is 1. The van der Waals surface area contributed by atoms with E-state index in [1.807, 2.05) is 12.1 Å². The third kappa shape index (κ3) is 2.43. The van der Waals surface area contributed by atoms with Crippen molar-refractivity contribution >= 4 is 17.3 Å². The van der Waals surface area contributed by atoms with Crippen LogP contribution in [0.4, 0.5) is 5.82 Å². The number of benzene rings is 2. The SMILES string of the molecule is Cc1cc(C2C3=C(Nc4c2c(=O)n(C)c(=O)n4C)c2ccccc2C3=O)cc(C)c1O. The summed E-state index contributed by atoms with van der Waals surface area (Å²) in [6.45, 7) is 3.57. The van der Waals surface area contributed by atoms with Crippen LogP contribution < -0.4 is 16.6 Å². The lowest BCUT2D eigenvalue weighted by Crippen LogP contribution is -2.42. The first-order valence-electron chi connectivity index (χ1n) is 9.97. The van der Waals surface area contributed by atoms with Gasteiger partial charge in [0, 0.05) is 36.7 Å². The quantitative estimate of drug-likeness (QED) is 0.637. The molecule has 3 aromatic rings. The molecular formula is C24H21N3O4. The van der Waals surface area contributed by atoms with E-state index in [1.54, 1.807) is 45.2 Å². The topological polar surface area (TPSA) is 93.3 Å². The van der Waals surface area contributed by atoms with Crippen LogP contribution in [-0.2, 0) is 14.1 Å². The standard InChI is InChI=1S/C24H21N3O4/c1-11-9-13(10-12(2)20(11)28)16-17-19(14-7-5-6-8-15(14)21(17)29)25-22-18(16)23(30)27(4)24(31)26(22)3/h5-10,16,25,28H,1-4H3. The highest BCUT2D eigenvalue weighted by atomic mass is 16.3. The van der Waals surface area contributed by atoms with Crippen LogP contribution in [0, 0.1) is 13.8 Å². The van der Waals surface area contributed by atoms with Crippen LogP contribution in [0.25, 0.3) is 5.70 Å². The van der Waals surface area contributed by atoms with Crippen LogP contribution in [0.15, 0.2) is 51.6 Å². The number of nitrogens with one attached hydrogen (secondary N) is 1. The summed E-state index contributed by atoms with van der Waals surface area (Å²) in [6.07, 6.45) is 0. The minimum atomic E-state index is -0.672. The number of phenolic OH excluding ortho intramolecular Hbond substituents is 1. The fraction of sp³-hybridized carbons (Fsp3) is 0.208. The van der Waals surface area contributed by atoms with Crippen LogP contribution >= 0.6 is 0 Å². The Labute approximate surface area is 177 Å². The number of aromatic hydroxyl groups is 1. The van der Waals surface area contributed by atoms with Gasteiger partial charge in [0.05, 0.1) is 11.3 Å². The minimum Gasteiger partial charge on any atom is -0.507 e. The van der Waals surface area contributed by atoms with E-state index in [1.165, 1.54) is 11.6 Å². The van der Waals surface area contributed by atoms with Gasteiger partial charge in [0.2, 0.25) is 0 Å².